The Kier molecular flexibility index (Phi) is 22.8. The molecule has 1 heterocycles. The number of nitrogens with one attached hydrogen (secondary N) is 1. The molecule has 8 atom stereocenters. The summed E-state index contributed by atoms with van der Waals surface area (Å²) in [6.07, 6.45) is 41.1. The lowest BCUT2D eigenvalue weighted by Gasteiger charge is -2.44. The fraction of sp³-hybridized carbons (Fsp3) is 0.627. The summed E-state index contributed by atoms with van der Waals surface area (Å²) in [5, 5.41) is 24.7. The van der Waals surface area contributed by atoms with Gasteiger partial charge in [0.2, 0.25) is 11.8 Å². The Morgan fingerprint density at radius 1 is 0.881 bits per heavy atom. The Morgan fingerprint density at radius 3 is 2.07 bits per heavy atom. The van der Waals surface area contributed by atoms with Gasteiger partial charge in [0, 0.05) is 31.5 Å². The van der Waals surface area contributed by atoms with Crippen LogP contribution in [-0.4, -0.2) is 70.3 Å². The fourth-order valence-electron chi connectivity index (χ4n) is 8.17. The lowest BCUT2D eigenvalue weighted by Crippen LogP contribution is -2.43. The second-order valence-electron chi connectivity index (χ2n) is 17.6. The van der Waals surface area contributed by atoms with Gasteiger partial charge in [0.25, 0.3) is 0 Å². The topological polar surface area (TPSA) is 116 Å². The standard InChI is InChI=1S/C51H78N2O6/c1-7-9-10-11-12-13-14-15-16-17-18-19-20-21-22-23-24-25-26-27-48(57)53-33-32-42(38-53)52-47(56)37-44(55)36-43(54)30-31-45-40(4)28-29-41-34-39(3)35-46(49(41)45)59-50(58)51(5,6)8-2/h9-10,12-13,15-16,18-19,21-22,24-25,28-29,34,39-40,42-46,49,54-55H,7-8,11,14,17,20,23,26-27,30-33,35-38H2,1-6H3,(H,52,56). The molecule has 1 fully saturated rings. The van der Waals surface area contributed by atoms with Crippen molar-refractivity contribution in [3.63, 3.8) is 0 Å². The number of hydrogen-bond donors (Lipinski definition) is 3. The lowest BCUT2D eigenvalue weighted by molar-refractivity contribution is -0.164. The van der Waals surface area contributed by atoms with Crippen LogP contribution in [0.3, 0.4) is 0 Å². The highest BCUT2D eigenvalue weighted by Crippen LogP contribution is 2.45. The van der Waals surface area contributed by atoms with Gasteiger partial charge in [0.15, 0.2) is 0 Å². The molecule has 3 aliphatic rings. The van der Waals surface area contributed by atoms with E-state index in [4.69, 9.17) is 4.74 Å². The SMILES string of the molecule is CCC=CCC=CCC=CCC=CCC=CCC=CCCC(=O)N1CCC(NC(=O)CC(O)CC(O)CCC2C(C)C=CC3=CC(C)CC(OC(=O)C(C)(C)CC)C32)C1. The molecule has 8 heteroatoms. The van der Waals surface area contributed by atoms with E-state index in [-0.39, 0.29) is 60.5 Å². The summed E-state index contributed by atoms with van der Waals surface area (Å²) < 4.78 is 6.23. The van der Waals surface area contributed by atoms with Crippen LogP contribution < -0.4 is 5.32 Å². The molecule has 8 nitrogen and oxygen atoms in total. The molecular weight excluding hydrogens is 737 g/mol. The third kappa shape index (κ3) is 18.6. The molecule has 1 saturated heterocycles. The summed E-state index contributed by atoms with van der Waals surface area (Å²) >= 11 is 0. The minimum absolute atomic E-state index is 0.0697. The Bertz CT molecular complexity index is 1530. The summed E-state index contributed by atoms with van der Waals surface area (Å²) in [6, 6.07) is -0.138. The van der Waals surface area contributed by atoms with Crippen LogP contribution in [0.4, 0.5) is 0 Å². The van der Waals surface area contributed by atoms with Crippen LogP contribution >= 0.6 is 0 Å². The quantitative estimate of drug-likeness (QED) is 0.0624. The van der Waals surface area contributed by atoms with Gasteiger partial charge in [0.1, 0.15) is 6.10 Å². The number of ether oxygens (including phenoxy) is 1. The van der Waals surface area contributed by atoms with E-state index < -0.39 is 17.6 Å². The van der Waals surface area contributed by atoms with Gasteiger partial charge >= 0.3 is 5.97 Å². The number of aliphatic hydroxyl groups excluding tert-OH is 2. The van der Waals surface area contributed by atoms with Crippen LogP contribution in [-0.2, 0) is 19.1 Å². The molecule has 0 spiro atoms. The Labute approximate surface area is 357 Å². The fourth-order valence-corrected chi connectivity index (χ4v) is 8.17. The van der Waals surface area contributed by atoms with Gasteiger partial charge in [-0.2, -0.15) is 0 Å². The van der Waals surface area contributed by atoms with Gasteiger partial charge in [-0.3, -0.25) is 14.4 Å². The Balaban J connectivity index is 1.29. The Morgan fingerprint density at radius 2 is 1.47 bits per heavy atom. The van der Waals surface area contributed by atoms with E-state index >= 15 is 0 Å². The molecule has 0 saturated carbocycles. The van der Waals surface area contributed by atoms with Crippen LogP contribution in [0.25, 0.3) is 0 Å². The van der Waals surface area contributed by atoms with Crippen molar-refractivity contribution in [2.45, 2.75) is 162 Å². The second kappa shape index (κ2) is 27.2. The molecule has 0 aromatic carbocycles. The van der Waals surface area contributed by atoms with E-state index in [2.05, 4.69) is 117 Å². The van der Waals surface area contributed by atoms with E-state index in [1.807, 2.05) is 25.7 Å². The van der Waals surface area contributed by atoms with E-state index in [1.54, 1.807) is 0 Å². The van der Waals surface area contributed by atoms with Gasteiger partial charge in [-0.1, -0.05) is 119 Å². The number of allylic oxidation sites excluding steroid dienone is 15. The van der Waals surface area contributed by atoms with Gasteiger partial charge in [-0.05, 0) is 121 Å². The number of hydrogen-bond acceptors (Lipinski definition) is 6. The van der Waals surface area contributed by atoms with Crippen LogP contribution in [0.2, 0.25) is 0 Å². The van der Waals surface area contributed by atoms with E-state index in [0.717, 1.165) is 51.4 Å². The molecular formula is C51H78N2O6. The second-order valence-corrected chi connectivity index (χ2v) is 17.6. The number of fused-ring (bicyclic) bond motifs is 1. The molecule has 8 unspecified atom stereocenters. The zero-order valence-electron chi connectivity index (χ0n) is 37.3. The van der Waals surface area contributed by atoms with Crippen molar-refractivity contribution < 1.29 is 29.3 Å². The first kappa shape index (κ1) is 49.6. The summed E-state index contributed by atoms with van der Waals surface area (Å²) in [6.45, 7) is 13.4. The van der Waals surface area contributed by atoms with Gasteiger partial charge in [-0.15, -0.1) is 0 Å². The maximum Gasteiger partial charge on any atom is 0.311 e. The smallest absolute Gasteiger partial charge is 0.311 e. The maximum atomic E-state index is 13.1. The van der Waals surface area contributed by atoms with Gasteiger partial charge in [0.05, 0.1) is 24.0 Å². The Hall–Kier alpha value is -3.75. The third-order valence-electron chi connectivity index (χ3n) is 12.1. The third-order valence-corrected chi connectivity index (χ3v) is 12.1. The van der Waals surface area contributed by atoms with Crippen LogP contribution in [0.1, 0.15) is 138 Å². The van der Waals surface area contributed by atoms with Crippen molar-refractivity contribution in [2.75, 3.05) is 13.1 Å². The van der Waals surface area contributed by atoms with Gasteiger partial charge < -0.3 is 25.2 Å². The van der Waals surface area contributed by atoms with Crippen molar-refractivity contribution in [3.05, 3.63) is 96.7 Å². The number of nitrogens with zero attached hydrogens (tertiary/aromatic N) is 1. The predicted molar refractivity (Wildman–Crippen MR) is 242 cm³/mol. The molecule has 2 aliphatic carbocycles. The minimum Gasteiger partial charge on any atom is -0.461 e. The highest BCUT2D eigenvalue weighted by molar-refractivity contribution is 5.78. The van der Waals surface area contributed by atoms with Crippen molar-refractivity contribution in [2.24, 2.45) is 29.1 Å². The minimum atomic E-state index is -0.967. The van der Waals surface area contributed by atoms with E-state index in [0.29, 0.717) is 51.1 Å². The normalized spacial score (nSPS) is 24.9. The number of aliphatic hydroxyl groups is 2. The number of esters is 1. The first-order valence-corrected chi connectivity index (χ1v) is 22.8. The molecule has 1 aliphatic heterocycles. The number of carbonyl (C=O) groups is 3. The van der Waals surface area contributed by atoms with Crippen molar-refractivity contribution in [3.8, 4) is 0 Å². The molecule has 3 rings (SSSR count). The summed E-state index contributed by atoms with van der Waals surface area (Å²) in [7, 11) is 0. The monoisotopic (exact) mass is 815 g/mol. The van der Waals surface area contributed by atoms with Crippen LogP contribution in [0, 0.1) is 29.1 Å². The first-order chi connectivity index (χ1) is 28.3. The largest absolute Gasteiger partial charge is 0.461 e. The predicted octanol–water partition coefficient (Wildman–Crippen LogP) is 10.2. The molecule has 328 valence electrons. The molecule has 2 amide bonds. The number of carbonyl (C=O) groups excluding carboxylic acids is 3. The highest BCUT2D eigenvalue weighted by atomic mass is 16.5. The average molecular weight is 815 g/mol. The molecule has 0 aromatic heterocycles. The zero-order chi connectivity index (χ0) is 43.0. The molecule has 59 heavy (non-hydrogen) atoms. The zero-order valence-corrected chi connectivity index (χ0v) is 37.3. The number of rotatable bonds is 25. The van der Waals surface area contributed by atoms with Crippen LogP contribution in [0.5, 0.6) is 0 Å². The maximum absolute atomic E-state index is 13.1. The molecule has 0 aromatic rings. The van der Waals surface area contributed by atoms with Gasteiger partial charge in [-0.25, -0.2) is 0 Å². The molecule has 0 radical (unpaired) electrons. The van der Waals surface area contributed by atoms with E-state index in [1.165, 1.54) is 5.57 Å². The van der Waals surface area contributed by atoms with Crippen molar-refractivity contribution in [1.29, 1.82) is 0 Å². The number of likely N-dealkylation sites (tertiary alicyclic amines) is 1. The van der Waals surface area contributed by atoms with Crippen LogP contribution in [0.15, 0.2) is 96.7 Å². The first-order valence-electron chi connectivity index (χ1n) is 22.8. The summed E-state index contributed by atoms with van der Waals surface area (Å²) in [4.78, 5) is 40.6. The lowest BCUT2D eigenvalue weighted by atomic mass is 9.65. The van der Waals surface area contributed by atoms with Crippen molar-refractivity contribution >= 4 is 17.8 Å². The van der Waals surface area contributed by atoms with E-state index in [9.17, 15) is 24.6 Å². The average Bonchev–Trinajstić information content (AvgIpc) is 3.66. The molecule has 0 bridgehead atoms. The highest BCUT2D eigenvalue weighted by Gasteiger charge is 2.43. The molecule has 3 N–H and O–H groups in total. The summed E-state index contributed by atoms with van der Waals surface area (Å²) in [5.41, 5.74) is 0.669. The number of amides is 2. The van der Waals surface area contributed by atoms with Crippen molar-refractivity contribution in [1.82, 2.24) is 10.2 Å². The summed E-state index contributed by atoms with van der Waals surface area (Å²) in [5.74, 6) is 0.486.